The molecule has 0 unspecified atom stereocenters. The van der Waals surface area contributed by atoms with Crippen LogP contribution in [0.25, 0.3) is 11.0 Å². The summed E-state index contributed by atoms with van der Waals surface area (Å²) in [5.41, 5.74) is 1.10. The van der Waals surface area contributed by atoms with Gasteiger partial charge in [-0.05, 0) is 37.1 Å². The number of aromatic nitrogens is 2. The van der Waals surface area contributed by atoms with Crippen molar-refractivity contribution in [1.82, 2.24) is 15.0 Å². The van der Waals surface area contributed by atoms with Crippen LogP contribution in [0.3, 0.4) is 0 Å². The van der Waals surface area contributed by atoms with Crippen LogP contribution in [0.1, 0.15) is 18.5 Å². The van der Waals surface area contributed by atoms with Gasteiger partial charge >= 0.3 is 0 Å². The molecule has 2 aromatic heterocycles. The van der Waals surface area contributed by atoms with Gasteiger partial charge in [-0.25, -0.2) is 9.37 Å². The number of halogens is 1. The first-order chi connectivity index (χ1) is 16.3. The molecular weight excluding hydrogens is 463 g/mol. The Hall–Kier alpha value is -2.76. The first-order valence-electron chi connectivity index (χ1n) is 11.3. The highest BCUT2D eigenvalue weighted by atomic mass is 32.2. The van der Waals surface area contributed by atoms with Crippen molar-refractivity contribution >= 4 is 26.9 Å². The summed E-state index contributed by atoms with van der Waals surface area (Å²) in [5.74, 6) is 1.26. The molecule has 9 nitrogen and oxygen atoms in total. The molecule has 0 N–H and O–H groups in total. The van der Waals surface area contributed by atoms with Crippen LogP contribution in [0, 0.1) is 11.7 Å². The van der Waals surface area contributed by atoms with Crippen LogP contribution < -0.4 is 9.64 Å². The number of pyridine rings is 1. The van der Waals surface area contributed by atoms with Crippen molar-refractivity contribution in [2.24, 2.45) is 5.92 Å². The third-order valence-corrected chi connectivity index (χ3v) is 6.93. The number of anilines is 1. The SMILES string of the molecule is CS(=O)(=O)OCc1cccc(OC[C@@H]2CC[C@H]3CN(c4noc5ccc(F)cc45)CCN3C2)n1. The molecule has 5 rings (SSSR count). The zero-order valence-electron chi connectivity index (χ0n) is 18.9. The number of piperazine rings is 1. The Bertz CT molecular complexity index is 1270. The van der Waals surface area contributed by atoms with Gasteiger partial charge in [-0.2, -0.15) is 8.42 Å². The van der Waals surface area contributed by atoms with E-state index in [9.17, 15) is 12.8 Å². The van der Waals surface area contributed by atoms with Crippen LogP contribution >= 0.6 is 0 Å². The molecule has 0 saturated carbocycles. The lowest BCUT2D eigenvalue weighted by molar-refractivity contribution is 0.0716. The maximum Gasteiger partial charge on any atom is 0.264 e. The molecule has 1 aromatic carbocycles. The van der Waals surface area contributed by atoms with Gasteiger partial charge in [0, 0.05) is 44.2 Å². The van der Waals surface area contributed by atoms with Crippen LogP contribution in [0.5, 0.6) is 5.88 Å². The smallest absolute Gasteiger partial charge is 0.264 e. The predicted octanol–water partition coefficient (Wildman–Crippen LogP) is 2.82. The van der Waals surface area contributed by atoms with E-state index in [-0.39, 0.29) is 12.4 Å². The van der Waals surface area contributed by atoms with Crippen molar-refractivity contribution in [3.63, 3.8) is 0 Å². The van der Waals surface area contributed by atoms with E-state index in [0.717, 1.165) is 45.3 Å². The molecule has 2 atom stereocenters. The molecule has 0 radical (unpaired) electrons. The van der Waals surface area contributed by atoms with Gasteiger partial charge in [0.1, 0.15) is 12.4 Å². The fraction of sp³-hybridized carbons (Fsp3) is 0.478. The summed E-state index contributed by atoms with van der Waals surface area (Å²) in [6.45, 7) is 3.88. The number of piperidine rings is 1. The van der Waals surface area contributed by atoms with Crippen LogP contribution in [-0.2, 0) is 20.9 Å². The Kier molecular flexibility index (Phi) is 6.41. The molecular formula is C23H27FN4O5S. The quantitative estimate of drug-likeness (QED) is 0.463. The van der Waals surface area contributed by atoms with Crippen LogP contribution in [-0.4, -0.2) is 68.5 Å². The average molecular weight is 491 g/mol. The van der Waals surface area contributed by atoms with Crippen molar-refractivity contribution in [1.29, 1.82) is 0 Å². The van der Waals surface area contributed by atoms with Gasteiger partial charge in [0.15, 0.2) is 11.4 Å². The zero-order valence-corrected chi connectivity index (χ0v) is 19.7. The standard InChI is InChI=1S/C23H27FN4O5S/c1-34(29,30)32-15-18-3-2-4-22(25-18)31-14-16-5-7-19-13-28(10-9-27(19)12-16)23-20-11-17(24)6-8-21(20)33-26-23/h2-4,6,8,11,16,19H,5,7,9-10,12-15H2,1H3/t16-,19+/m1/s1. The number of fused-ring (bicyclic) bond motifs is 2. The summed E-state index contributed by atoms with van der Waals surface area (Å²) < 4.78 is 52.2. The fourth-order valence-electron chi connectivity index (χ4n) is 4.70. The maximum atomic E-state index is 13.7. The van der Waals surface area contributed by atoms with Crippen LogP contribution in [0.2, 0.25) is 0 Å². The maximum absolute atomic E-state index is 13.7. The summed E-state index contributed by atoms with van der Waals surface area (Å²) in [4.78, 5) is 9.02. The Morgan fingerprint density at radius 2 is 2.06 bits per heavy atom. The molecule has 11 heteroatoms. The normalized spacial score (nSPS) is 21.5. The van der Waals surface area contributed by atoms with Crippen molar-refractivity contribution < 1.29 is 26.3 Å². The van der Waals surface area contributed by atoms with Gasteiger partial charge in [0.2, 0.25) is 5.88 Å². The highest BCUT2D eigenvalue weighted by molar-refractivity contribution is 7.85. The largest absolute Gasteiger partial charge is 0.477 e. The van der Waals surface area contributed by atoms with Crippen molar-refractivity contribution in [2.45, 2.75) is 25.5 Å². The summed E-state index contributed by atoms with van der Waals surface area (Å²) in [7, 11) is -3.52. The van der Waals surface area contributed by atoms with E-state index in [2.05, 4.69) is 19.9 Å². The zero-order chi connectivity index (χ0) is 23.7. The predicted molar refractivity (Wildman–Crippen MR) is 124 cm³/mol. The molecule has 0 amide bonds. The lowest BCUT2D eigenvalue weighted by Crippen LogP contribution is -2.57. The second kappa shape index (κ2) is 9.47. The number of nitrogens with zero attached hydrogens (tertiary/aromatic N) is 4. The van der Waals surface area contributed by atoms with E-state index >= 15 is 0 Å². The van der Waals surface area contributed by atoms with E-state index in [1.54, 1.807) is 24.3 Å². The van der Waals surface area contributed by atoms with Crippen molar-refractivity contribution in [3.8, 4) is 5.88 Å². The van der Waals surface area contributed by atoms with E-state index in [4.69, 9.17) is 13.4 Å². The molecule has 2 saturated heterocycles. The van der Waals surface area contributed by atoms with E-state index in [0.29, 0.717) is 46.9 Å². The highest BCUT2D eigenvalue weighted by Gasteiger charge is 2.34. The fourth-order valence-corrected chi connectivity index (χ4v) is 5.04. The molecule has 2 aliphatic heterocycles. The van der Waals surface area contributed by atoms with Gasteiger partial charge in [-0.1, -0.05) is 11.2 Å². The summed E-state index contributed by atoms with van der Waals surface area (Å²) >= 11 is 0. The number of benzene rings is 1. The van der Waals surface area contributed by atoms with Crippen LogP contribution in [0.4, 0.5) is 10.2 Å². The van der Waals surface area contributed by atoms with Gasteiger partial charge in [-0.3, -0.25) is 9.08 Å². The molecule has 4 heterocycles. The number of hydrogen-bond acceptors (Lipinski definition) is 9. The number of ether oxygens (including phenoxy) is 1. The minimum absolute atomic E-state index is 0.112. The molecule has 2 aliphatic rings. The van der Waals surface area contributed by atoms with Gasteiger partial charge in [0.25, 0.3) is 10.1 Å². The van der Waals surface area contributed by atoms with Gasteiger partial charge in [0.05, 0.1) is 23.9 Å². The Balaban J connectivity index is 1.15. The van der Waals surface area contributed by atoms with E-state index < -0.39 is 10.1 Å². The van der Waals surface area contributed by atoms with Gasteiger partial charge < -0.3 is 14.2 Å². The third-order valence-electron chi connectivity index (χ3n) is 6.39. The minimum atomic E-state index is -3.52. The van der Waals surface area contributed by atoms with E-state index in [1.165, 1.54) is 12.1 Å². The van der Waals surface area contributed by atoms with Gasteiger partial charge in [-0.15, -0.1) is 0 Å². The summed E-state index contributed by atoms with van der Waals surface area (Å²) in [6.07, 6.45) is 3.07. The molecule has 0 bridgehead atoms. The lowest BCUT2D eigenvalue weighted by atomic mass is 9.91. The summed E-state index contributed by atoms with van der Waals surface area (Å²) in [5, 5.41) is 4.92. The first kappa shape index (κ1) is 23.0. The molecule has 0 spiro atoms. The molecule has 3 aromatic rings. The number of rotatable bonds is 7. The monoisotopic (exact) mass is 490 g/mol. The number of hydrogen-bond donors (Lipinski definition) is 0. The third kappa shape index (κ3) is 5.31. The summed E-state index contributed by atoms with van der Waals surface area (Å²) in [6, 6.07) is 10.1. The molecule has 2 fully saturated rings. The first-order valence-corrected chi connectivity index (χ1v) is 13.1. The van der Waals surface area contributed by atoms with Crippen molar-refractivity contribution in [2.75, 3.05) is 43.9 Å². The Morgan fingerprint density at radius 3 is 2.91 bits per heavy atom. The minimum Gasteiger partial charge on any atom is -0.477 e. The highest BCUT2D eigenvalue weighted by Crippen LogP contribution is 2.31. The Morgan fingerprint density at radius 1 is 1.18 bits per heavy atom. The lowest BCUT2D eigenvalue weighted by Gasteiger charge is -2.46. The Labute approximate surface area is 197 Å². The average Bonchev–Trinajstić information content (AvgIpc) is 3.24. The molecule has 0 aliphatic carbocycles. The van der Waals surface area contributed by atoms with E-state index in [1.807, 2.05) is 0 Å². The van der Waals surface area contributed by atoms with Crippen LogP contribution in [0.15, 0.2) is 40.9 Å². The molecule has 34 heavy (non-hydrogen) atoms. The second-order valence-electron chi connectivity index (χ2n) is 8.93. The molecule has 182 valence electrons. The topological polar surface area (TPSA) is 98.0 Å². The second-order valence-corrected chi connectivity index (χ2v) is 10.6. The van der Waals surface area contributed by atoms with Crippen molar-refractivity contribution in [3.05, 3.63) is 47.9 Å².